The largest absolute Gasteiger partial charge is 0.505 e. The van der Waals surface area contributed by atoms with E-state index in [0.29, 0.717) is 5.56 Å². The molecule has 0 bridgehead atoms. The van der Waals surface area contributed by atoms with Crippen molar-refractivity contribution < 1.29 is 24.5 Å². The number of carbonyl (C=O) groups excluding carboxylic acids is 1. The standard InChI is InChI=1S/C12H13NO5/c1-3-4-18-12(17)13-9-6-8(11(15)16)5-7(2)10(9)14/h3,5-6,14H,1,4H2,2H3,(H,13,17)(H,15,16). The highest BCUT2D eigenvalue weighted by Crippen LogP contribution is 2.29. The predicted molar refractivity (Wildman–Crippen MR) is 65.0 cm³/mol. The topological polar surface area (TPSA) is 95.9 Å². The Bertz CT molecular complexity index is 495. The number of aryl methyl sites for hydroxylation is 1. The lowest BCUT2D eigenvalue weighted by atomic mass is 10.1. The Kier molecular flexibility index (Phi) is 4.31. The number of rotatable bonds is 4. The lowest BCUT2D eigenvalue weighted by Gasteiger charge is -2.10. The van der Waals surface area contributed by atoms with E-state index in [-0.39, 0.29) is 23.6 Å². The maximum atomic E-state index is 11.3. The van der Waals surface area contributed by atoms with Gasteiger partial charge >= 0.3 is 12.1 Å². The molecule has 0 aliphatic heterocycles. The van der Waals surface area contributed by atoms with Gasteiger partial charge in [0.25, 0.3) is 0 Å². The van der Waals surface area contributed by atoms with Crippen LogP contribution >= 0.6 is 0 Å². The molecule has 0 aliphatic carbocycles. The van der Waals surface area contributed by atoms with E-state index in [1.54, 1.807) is 0 Å². The Morgan fingerprint density at radius 2 is 2.17 bits per heavy atom. The summed E-state index contributed by atoms with van der Waals surface area (Å²) in [7, 11) is 0. The van der Waals surface area contributed by atoms with Crippen molar-refractivity contribution in [2.75, 3.05) is 11.9 Å². The molecule has 0 fully saturated rings. The zero-order valence-electron chi connectivity index (χ0n) is 9.77. The van der Waals surface area contributed by atoms with Gasteiger partial charge in [-0.05, 0) is 24.6 Å². The second kappa shape index (κ2) is 5.72. The fraction of sp³-hybridized carbons (Fsp3) is 0.167. The molecule has 96 valence electrons. The van der Waals surface area contributed by atoms with Gasteiger partial charge in [-0.2, -0.15) is 0 Å². The van der Waals surface area contributed by atoms with Gasteiger partial charge in [0, 0.05) is 0 Å². The summed E-state index contributed by atoms with van der Waals surface area (Å²) in [5, 5.41) is 20.8. The zero-order valence-corrected chi connectivity index (χ0v) is 9.77. The van der Waals surface area contributed by atoms with Gasteiger partial charge < -0.3 is 14.9 Å². The molecule has 1 rings (SSSR count). The molecular weight excluding hydrogens is 238 g/mol. The van der Waals surface area contributed by atoms with Gasteiger partial charge in [0.1, 0.15) is 12.4 Å². The molecule has 1 aromatic rings. The van der Waals surface area contributed by atoms with Crippen LogP contribution in [0.15, 0.2) is 24.8 Å². The summed E-state index contributed by atoms with van der Waals surface area (Å²) < 4.78 is 4.66. The fourth-order valence-electron chi connectivity index (χ4n) is 1.28. The molecule has 18 heavy (non-hydrogen) atoms. The first kappa shape index (κ1) is 13.6. The molecule has 0 aromatic heterocycles. The number of ether oxygens (including phenoxy) is 1. The average molecular weight is 251 g/mol. The van der Waals surface area contributed by atoms with Crippen LogP contribution in [-0.4, -0.2) is 28.9 Å². The van der Waals surface area contributed by atoms with Crippen molar-refractivity contribution in [2.45, 2.75) is 6.92 Å². The second-order valence-electron chi connectivity index (χ2n) is 3.51. The highest BCUT2D eigenvalue weighted by atomic mass is 16.5. The van der Waals surface area contributed by atoms with Gasteiger partial charge in [-0.15, -0.1) is 0 Å². The number of phenolic OH excluding ortho intramolecular Hbond substituents is 1. The highest BCUT2D eigenvalue weighted by Gasteiger charge is 2.13. The minimum atomic E-state index is -1.15. The number of benzene rings is 1. The molecule has 1 aromatic carbocycles. The van der Waals surface area contributed by atoms with Gasteiger partial charge in [0.05, 0.1) is 11.3 Å². The minimum absolute atomic E-state index is 0.0125. The second-order valence-corrected chi connectivity index (χ2v) is 3.51. The number of phenols is 1. The number of carboxylic acid groups (broad SMARTS) is 1. The number of carboxylic acids is 1. The monoisotopic (exact) mass is 251 g/mol. The number of aromatic carboxylic acids is 1. The van der Waals surface area contributed by atoms with Crippen LogP contribution in [0.4, 0.5) is 10.5 Å². The molecule has 3 N–H and O–H groups in total. The van der Waals surface area contributed by atoms with Crippen molar-refractivity contribution in [2.24, 2.45) is 0 Å². The lowest BCUT2D eigenvalue weighted by Crippen LogP contribution is -2.14. The van der Waals surface area contributed by atoms with E-state index >= 15 is 0 Å². The van der Waals surface area contributed by atoms with E-state index in [4.69, 9.17) is 5.11 Å². The summed E-state index contributed by atoms with van der Waals surface area (Å²) in [6.07, 6.45) is 0.588. The van der Waals surface area contributed by atoms with Crippen molar-refractivity contribution in [1.82, 2.24) is 0 Å². The molecule has 0 aliphatic rings. The van der Waals surface area contributed by atoms with E-state index in [9.17, 15) is 14.7 Å². The molecule has 0 saturated carbocycles. The Morgan fingerprint density at radius 1 is 1.50 bits per heavy atom. The molecule has 0 radical (unpaired) electrons. The van der Waals surface area contributed by atoms with Crippen LogP contribution in [0.25, 0.3) is 0 Å². The third-order valence-corrected chi connectivity index (χ3v) is 2.12. The van der Waals surface area contributed by atoms with E-state index in [1.165, 1.54) is 19.1 Å². The summed E-state index contributed by atoms with van der Waals surface area (Å²) in [5.74, 6) is -1.35. The quantitative estimate of drug-likeness (QED) is 0.562. The number of hydrogen-bond donors (Lipinski definition) is 3. The average Bonchev–Trinajstić information content (AvgIpc) is 2.31. The van der Waals surface area contributed by atoms with Crippen molar-refractivity contribution in [3.63, 3.8) is 0 Å². The number of anilines is 1. The van der Waals surface area contributed by atoms with Gasteiger partial charge in [0.2, 0.25) is 0 Å². The predicted octanol–water partition coefficient (Wildman–Crippen LogP) is 2.13. The van der Waals surface area contributed by atoms with E-state index in [1.807, 2.05) is 0 Å². The normalized spacial score (nSPS) is 9.61. The molecule has 0 heterocycles. The Hall–Kier alpha value is -2.50. The van der Waals surface area contributed by atoms with Crippen LogP contribution < -0.4 is 5.32 Å². The third-order valence-electron chi connectivity index (χ3n) is 2.12. The minimum Gasteiger partial charge on any atom is -0.505 e. The number of nitrogens with one attached hydrogen (secondary N) is 1. The molecular formula is C12H13NO5. The summed E-state index contributed by atoms with van der Waals surface area (Å²) in [4.78, 5) is 22.1. The number of hydrogen-bond acceptors (Lipinski definition) is 4. The highest BCUT2D eigenvalue weighted by molar-refractivity contribution is 5.93. The van der Waals surface area contributed by atoms with Gasteiger partial charge in [-0.3, -0.25) is 5.32 Å². The van der Waals surface area contributed by atoms with Crippen molar-refractivity contribution >= 4 is 17.7 Å². The molecule has 0 unspecified atom stereocenters. The van der Waals surface area contributed by atoms with Gasteiger partial charge in [0.15, 0.2) is 0 Å². The van der Waals surface area contributed by atoms with Crippen LogP contribution in [0.5, 0.6) is 5.75 Å². The van der Waals surface area contributed by atoms with Crippen molar-refractivity contribution in [3.8, 4) is 5.75 Å². The van der Waals surface area contributed by atoms with Crippen LogP contribution in [0.1, 0.15) is 15.9 Å². The maximum Gasteiger partial charge on any atom is 0.412 e. The lowest BCUT2D eigenvalue weighted by molar-refractivity contribution is 0.0696. The molecule has 6 nitrogen and oxygen atoms in total. The number of carbonyl (C=O) groups is 2. The number of aromatic hydroxyl groups is 1. The first-order valence-electron chi connectivity index (χ1n) is 5.07. The van der Waals surface area contributed by atoms with Crippen LogP contribution in [0.3, 0.4) is 0 Å². The van der Waals surface area contributed by atoms with Crippen LogP contribution in [-0.2, 0) is 4.74 Å². The first-order valence-corrected chi connectivity index (χ1v) is 5.07. The van der Waals surface area contributed by atoms with Crippen molar-refractivity contribution in [1.29, 1.82) is 0 Å². The summed E-state index contributed by atoms with van der Waals surface area (Å²) >= 11 is 0. The first-order chi connectivity index (χ1) is 8.45. The Morgan fingerprint density at radius 3 is 2.72 bits per heavy atom. The molecule has 6 heteroatoms. The van der Waals surface area contributed by atoms with E-state index in [2.05, 4.69) is 16.6 Å². The van der Waals surface area contributed by atoms with Crippen LogP contribution in [0.2, 0.25) is 0 Å². The number of amides is 1. The summed E-state index contributed by atoms with van der Waals surface area (Å²) in [6.45, 7) is 4.92. The smallest absolute Gasteiger partial charge is 0.412 e. The SMILES string of the molecule is C=CCOC(=O)Nc1cc(C(=O)O)cc(C)c1O. The van der Waals surface area contributed by atoms with Gasteiger partial charge in [-0.25, -0.2) is 9.59 Å². The zero-order chi connectivity index (χ0) is 13.7. The molecule has 0 saturated heterocycles. The molecule has 1 amide bonds. The van der Waals surface area contributed by atoms with E-state index in [0.717, 1.165) is 6.07 Å². The maximum absolute atomic E-state index is 11.3. The summed E-state index contributed by atoms with van der Waals surface area (Å²) in [5.41, 5.74) is 0.291. The van der Waals surface area contributed by atoms with Crippen molar-refractivity contribution in [3.05, 3.63) is 35.9 Å². The summed E-state index contributed by atoms with van der Waals surface area (Å²) in [6, 6.07) is 2.46. The third kappa shape index (κ3) is 3.24. The molecule has 0 spiro atoms. The van der Waals surface area contributed by atoms with Crippen LogP contribution in [0, 0.1) is 6.92 Å². The Labute approximate surface area is 104 Å². The van der Waals surface area contributed by atoms with Gasteiger partial charge in [-0.1, -0.05) is 12.7 Å². The molecule has 0 atom stereocenters. The van der Waals surface area contributed by atoms with E-state index < -0.39 is 12.1 Å². The Balaban J connectivity index is 2.97. The fourth-order valence-corrected chi connectivity index (χ4v) is 1.28.